The van der Waals surface area contributed by atoms with Gasteiger partial charge in [-0.1, -0.05) is 22.9 Å². The Bertz CT molecular complexity index is 1760. The zero-order chi connectivity index (χ0) is 30.7. The second-order valence-electron chi connectivity index (χ2n) is 12.9. The predicted octanol–water partition coefficient (Wildman–Crippen LogP) is 5.56. The number of halogens is 3. The molecule has 0 radical (unpaired) electrons. The van der Waals surface area contributed by atoms with Crippen molar-refractivity contribution in [3.8, 4) is 17.1 Å². The number of hydrogen-bond acceptors (Lipinski definition) is 10. The Balaban J connectivity index is 1.21. The van der Waals surface area contributed by atoms with Crippen molar-refractivity contribution in [1.29, 1.82) is 0 Å². The summed E-state index contributed by atoms with van der Waals surface area (Å²) in [4.78, 5) is 18.8. The lowest BCUT2D eigenvalue weighted by atomic mass is 10.0. The molecule has 45 heavy (non-hydrogen) atoms. The van der Waals surface area contributed by atoms with Crippen molar-refractivity contribution in [1.82, 2.24) is 25.2 Å². The lowest BCUT2D eigenvalue weighted by Crippen LogP contribution is -2.41. The van der Waals surface area contributed by atoms with Gasteiger partial charge in [0.05, 0.1) is 35.1 Å². The lowest BCUT2D eigenvalue weighted by Gasteiger charge is -2.30. The molecule has 1 aliphatic carbocycles. The van der Waals surface area contributed by atoms with Gasteiger partial charge in [-0.15, -0.1) is 0 Å². The van der Waals surface area contributed by atoms with Gasteiger partial charge in [-0.05, 0) is 56.3 Å². The fraction of sp³-hybridized carbons (Fsp3) is 0.531. The van der Waals surface area contributed by atoms with Gasteiger partial charge in [0.15, 0.2) is 10.9 Å². The normalized spacial score (nSPS) is 23.1. The van der Waals surface area contributed by atoms with Crippen molar-refractivity contribution in [2.45, 2.75) is 31.7 Å². The van der Waals surface area contributed by atoms with Crippen LogP contribution in [0.2, 0.25) is 5.02 Å². The zero-order valence-corrected chi connectivity index (χ0v) is 26.7. The molecule has 0 amide bonds. The highest BCUT2D eigenvalue weighted by molar-refractivity contribution is 7.22. The summed E-state index contributed by atoms with van der Waals surface area (Å²) in [6.45, 7) is 7.35. The highest BCUT2D eigenvalue weighted by Crippen LogP contribution is 2.47. The molecule has 2 aromatic heterocycles. The Hall–Kier alpha value is -2.90. The number of nitrogens with zero attached hydrogens (tertiary/aromatic N) is 5. The van der Waals surface area contributed by atoms with Crippen molar-refractivity contribution in [2.24, 2.45) is 11.3 Å². The maximum Gasteiger partial charge on any atom is 0.319 e. The largest absolute Gasteiger partial charge is 0.463 e. The van der Waals surface area contributed by atoms with Crippen molar-refractivity contribution in [3.05, 3.63) is 34.9 Å². The van der Waals surface area contributed by atoms with Crippen LogP contribution in [0.1, 0.15) is 25.7 Å². The molecule has 2 atom stereocenters. The van der Waals surface area contributed by atoms with Crippen LogP contribution in [0, 0.1) is 23.0 Å². The van der Waals surface area contributed by atoms with Gasteiger partial charge in [0, 0.05) is 67.7 Å². The highest BCUT2D eigenvalue weighted by atomic mass is 35.5. The number of aromatic nitrogens is 3. The summed E-state index contributed by atoms with van der Waals surface area (Å²) in [5.41, 5.74) is 1.08. The molecule has 2 unspecified atom stereocenters. The van der Waals surface area contributed by atoms with Crippen molar-refractivity contribution in [2.75, 3.05) is 76.4 Å². The Morgan fingerprint density at radius 3 is 2.80 bits per heavy atom. The number of ether oxygens (including phenoxy) is 2. The van der Waals surface area contributed by atoms with E-state index in [1.54, 1.807) is 13.1 Å². The third-order valence-electron chi connectivity index (χ3n) is 9.81. The van der Waals surface area contributed by atoms with E-state index in [0.29, 0.717) is 50.7 Å². The van der Waals surface area contributed by atoms with E-state index in [1.165, 1.54) is 23.5 Å². The van der Waals surface area contributed by atoms with E-state index in [0.717, 1.165) is 78.2 Å². The van der Waals surface area contributed by atoms with Gasteiger partial charge in [-0.25, -0.2) is 13.8 Å². The number of thiazole rings is 1. The number of hydrogen-bond donors (Lipinski definition) is 2. The summed E-state index contributed by atoms with van der Waals surface area (Å²) in [6.07, 6.45) is 4.29. The van der Waals surface area contributed by atoms with Crippen LogP contribution in [-0.4, -0.2) is 92.0 Å². The second-order valence-corrected chi connectivity index (χ2v) is 14.3. The first kappa shape index (κ1) is 29.5. The van der Waals surface area contributed by atoms with Crippen LogP contribution in [0.5, 0.6) is 6.01 Å². The summed E-state index contributed by atoms with van der Waals surface area (Å²) in [7, 11) is 1.72. The molecular weight excluding hydrogens is 620 g/mol. The summed E-state index contributed by atoms with van der Waals surface area (Å²) in [5, 5.41) is 7.85. The number of nitrogens with one attached hydrogen (secondary N) is 2. The molecule has 2 bridgehead atoms. The van der Waals surface area contributed by atoms with Gasteiger partial charge < -0.3 is 25.0 Å². The maximum absolute atomic E-state index is 16.9. The Labute approximate surface area is 269 Å². The molecule has 13 heteroatoms. The molecule has 4 aromatic rings. The average Bonchev–Trinajstić information content (AvgIpc) is 3.49. The monoisotopic (exact) mass is 655 g/mol. The standard InChI is InChI=1S/C32H36ClF2N7O2S/c1-36-31-39-27-20(2-3-23(34)28(27)45-31)24-22(33)13-21-26(25(24)35)38-30(40-29(21)42-7-4-18-12-19(15-42)37-14-18)44-17-32(5-6-32)16-41-8-10-43-11-9-41/h2-3,13,18-19,37H,4-12,14-17H2,1H3,(H,36,39). The van der Waals surface area contributed by atoms with Crippen LogP contribution in [0.3, 0.4) is 0 Å². The molecule has 0 spiro atoms. The minimum Gasteiger partial charge on any atom is -0.463 e. The van der Waals surface area contributed by atoms with E-state index in [9.17, 15) is 4.39 Å². The second kappa shape index (κ2) is 11.7. The molecule has 8 rings (SSSR count). The fourth-order valence-electron chi connectivity index (χ4n) is 7.12. The van der Waals surface area contributed by atoms with Gasteiger partial charge >= 0.3 is 6.01 Å². The summed E-state index contributed by atoms with van der Waals surface area (Å²) in [6, 6.07) is 5.11. The highest BCUT2D eigenvalue weighted by Gasteiger charge is 2.45. The molecule has 1 saturated carbocycles. The third kappa shape index (κ3) is 5.58. The molecule has 2 aromatic carbocycles. The quantitative estimate of drug-likeness (QED) is 0.253. The van der Waals surface area contributed by atoms with E-state index in [1.807, 2.05) is 0 Å². The first-order chi connectivity index (χ1) is 21.9. The van der Waals surface area contributed by atoms with Crippen molar-refractivity contribution < 1.29 is 18.3 Å². The molecule has 238 valence electrons. The number of fused-ring (bicyclic) bond motifs is 4. The molecule has 2 N–H and O–H groups in total. The van der Waals surface area contributed by atoms with Crippen molar-refractivity contribution >= 4 is 55.0 Å². The van der Waals surface area contributed by atoms with Crippen LogP contribution in [0.15, 0.2) is 18.2 Å². The van der Waals surface area contributed by atoms with Gasteiger partial charge in [0.1, 0.15) is 17.2 Å². The topological polar surface area (TPSA) is 87.7 Å². The molecule has 3 aliphatic heterocycles. The first-order valence-corrected chi connectivity index (χ1v) is 17.0. The Morgan fingerprint density at radius 1 is 1.16 bits per heavy atom. The molecular formula is C32H36ClF2N7O2S. The number of anilines is 2. The van der Waals surface area contributed by atoms with Crippen LogP contribution in [0.25, 0.3) is 32.2 Å². The lowest BCUT2D eigenvalue weighted by molar-refractivity contribution is 0.0231. The molecule has 5 heterocycles. The first-order valence-electron chi connectivity index (χ1n) is 15.8. The molecule has 3 saturated heterocycles. The number of rotatable bonds is 8. The smallest absolute Gasteiger partial charge is 0.319 e. The molecule has 4 aliphatic rings. The summed E-state index contributed by atoms with van der Waals surface area (Å²) < 4.78 is 43.9. The van der Waals surface area contributed by atoms with Gasteiger partial charge in [0.25, 0.3) is 0 Å². The van der Waals surface area contributed by atoms with E-state index in [4.69, 9.17) is 26.1 Å². The fourth-order valence-corrected chi connectivity index (χ4v) is 8.27. The average molecular weight is 656 g/mol. The van der Waals surface area contributed by atoms with E-state index < -0.39 is 11.6 Å². The van der Waals surface area contributed by atoms with Crippen LogP contribution in [0.4, 0.5) is 19.7 Å². The van der Waals surface area contributed by atoms with Crippen LogP contribution >= 0.6 is 22.9 Å². The maximum atomic E-state index is 16.9. The summed E-state index contributed by atoms with van der Waals surface area (Å²) >= 11 is 8.06. The predicted molar refractivity (Wildman–Crippen MR) is 174 cm³/mol. The minimum absolute atomic E-state index is 0.0422. The van der Waals surface area contributed by atoms with Crippen molar-refractivity contribution in [3.63, 3.8) is 0 Å². The Morgan fingerprint density at radius 2 is 2.00 bits per heavy atom. The van der Waals surface area contributed by atoms with Crippen LogP contribution in [-0.2, 0) is 4.74 Å². The van der Waals surface area contributed by atoms with E-state index in [-0.39, 0.29) is 27.5 Å². The minimum atomic E-state index is -0.596. The van der Waals surface area contributed by atoms with E-state index >= 15 is 4.39 Å². The summed E-state index contributed by atoms with van der Waals surface area (Å²) in [5.74, 6) is 0.236. The van der Waals surface area contributed by atoms with Gasteiger partial charge in [-0.3, -0.25) is 4.90 Å². The van der Waals surface area contributed by atoms with Gasteiger partial charge in [0.2, 0.25) is 0 Å². The number of benzene rings is 2. The third-order valence-corrected chi connectivity index (χ3v) is 11.2. The van der Waals surface area contributed by atoms with Gasteiger partial charge in [-0.2, -0.15) is 9.97 Å². The SMILES string of the molecule is CNc1nc2c(-c3c(Cl)cc4c(N5CCC6CNC(C6)C5)nc(OCC5(CN6CCOCC6)CC5)nc4c3F)ccc(F)c2s1. The Kier molecular flexibility index (Phi) is 7.68. The van der Waals surface area contributed by atoms with E-state index in [2.05, 4.69) is 30.4 Å². The molecule has 9 nitrogen and oxygen atoms in total. The number of morpholine rings is 1. The zero-order valence-electron chi connectivity index (χ0n) is 25.2. The molecule has 4 fully saturated rings. The van der Waals surface area contributed by atoms with Crippen LogP contribution < -0.4 is 20.3 Å².